The van der Waals surface area contributed by atoms with E-state index < -0.39 is 0 Å². The molecule has 0 aliphatic rings. The molecule has 0 radical (unpaired) electrons. The van der Waals surface area contributed by atoms with E-state index in [2.05, 4.69) is 12.2 Å². The average Bonchev–Trinajstić information content (AvgIpc) is 2.70. The third-order valence-corrected chi connectivity index (χ3v) is 4.42. The minimum absolute atomic E-state index is 0.150. The predicted octanol–water partition coefficient (Wildman–Crippen LogP) is 2.55. The molecule has 0 aliphatic heterocycles. The van der Waals surface area contributed by atoms with Crippen molar-refractivity contribution in [3.05, 3.63) is 41.5 Å². The number of hydrogen-bond donors (Lipinski definition) is 1. The van der Waals surface area contributed by atoms with Gasteiger partial charge in [-0.05, 0) is 25.1 Å². The molecule has 2 rings (SSSR count). The van der Waals surface area contributed by atoms with Crippen molar-refractivity contribution in [2.75, 3.05) is 35.5 Å². The minimum Gasteiger partial charge on any atom is -0.497 e. The Labute approximate surface area is 155 Å². The highest BCUT2D eigenvalue weighted by atomic mass is 16.5. The van der Waals surface area contributed by atoms with Crippen LogP contribution in [0.2, 0.25) is 0 Å². The van der Waals surface area contributed by atoms with Crippen molar-refractivity contribution < 1.29 is 29.0 Å². The molecule has 0 spiro atoms. The summed E-state index contributed by atoms with van der Waals surface area (Å²) in [7, 11) is 8.25. The van der Waals surface area contributed by atoms with E-state index in [1.807, 2.05) is 30.3 Å². The fourth-order valence-electron chi connectivity index (χ4n) is 2.90. The van der Waals surface area contributed by atoms with Crippen LogP contribution in [-0.4, -0.2) is 35.5 Å². The van der Waals surface area contributed by atoms with Crippen LogP contribution in [0.4, 0.5) is 0 Å². The highest BCUT2D eigenvalue weighted by Crippen LogP contribution is 2.34. The van der Waals surface area contributed by atoms with Gasteiger partial charge in [0.1, 0.15) is 41.3 Å². The molecule has 0 fully saturated rings. The van der Waals surface area contributed by atoms with Crippen molar-refractivity contribution in [1.29, 1.82) is 0 Å². The maximum atomic E-state index is 5.53. The second-order valence-corrected chi connectivity index (χ2v) is 5.85. The summed E-state index contributed by atoms with van der Waals surface area (Å²) in [5.74, 6) is 3.82. The van der Waals surface area contributed by atoms with Crippen LogP contribution < -0.4 is 29.0 Å². The van der Waals surface area contributed by atoms with Crippen molar-refractivity contribution in [2.45, 2.75) is 19.5 Å². The lowest BCUT2D eigenvalue weighted by Crippen LogP contribution is -2.83. The Morgan fingerprint density at radius 2 is 1.31 bits per heavy atom. The molecule has 0 heterocycles. The SMILES string of the molecule is COc1cc(OC)c(C[NH2+][C@@H](C)c2cc(OC)ccc2OC)c(OC)c1. The van der Waals surface area contributed by atoms with E-state index in [0.717, 1.165) is 34.1 Å². The summed E-state index contributed by atoms with van der Waals surface area (Å²) in [6.45, 7) is 2.80. The molecule has 2 aromatic rings. The molecule has 26 heavy (non-hydrogen) atoms. The molecule has 0 bridgehead atoms. The van der Waals surface area contributed by atoms with E-state index in [9.17, 15) is 0 Å². The van der Waals surface area contributed by atoms with Gasteiger partial charge in [-0.15, -0.1) is 0 Å². The van der Waals surface area contributed by atoms with Crippen molar-refractivity contribution in [3.63, 3.8) is 0 Å². The Morgan fingerprint density at radius 1 is 0.731 bits per heavy atom. The van der Waals surface area contributed by atoms with Gasteiger partial charge in [-0.25, -0.2) is 0 Å². The molecular formula is C20H28NO5+. The minimum atomic E-state index is 0.150. The molecule has 0 saturated carbocycles. The normalized spacial score (nSPS) is 11.6. The number of nitrogens with two attached hydrogens (primary N) is 1. The zero-order chi connectivity index (χ0) is 19.1. The Hall–Kier alpha value is -2.60. The van der Waals surface area contributed by atoms with Crippen LogP contribution >= 0.6 is 0 Å². The third-order valence-electron chi connectivity index (χ3n) is 4.42. The second kappa shape index (κ2) is 9.20. The molecular weight excluding hydrogens is 334 g/mol. The van der Waals surface area contributed by atoms with Gasteiger partial charge < -0.3 is 29.0 Å². The van der Waals surface area contributed by atoms with Crippen LogP contribution in [0.25, 0.3) is 0 Å². The molecule has 1 atom stereocenters. The molecule has 6 heteroatoms. The molecule has 142 valence electrons. The first kappa shape index (κ1) is 19.7. The van der Waals surface area contributed by atoms with Crippen LogP contribution in [0.3, 0.4) is 0 Å². The smallest absolute Gasteiger partial charge is 0.135 e. The van der Waals surface area contributed by atoms with Crippen LogP contribution in [0.5, 0.6) is 28.7 Å². The Morgan fingerprint density at radius 3 is 1.81 bits per heavy atom. The summed E-state index contributed by atoms with van der Waals surface area (Å²) in [6, 6.07) is 9.70. The number of benzene rings is 2. The first-order valence-corrected chi connectivity index (χ1v) is 8.42. The summed E-state index contributed by atoms with van der Waals surface area (Å²) < 4.78 is 27.2. The zero-order valence-corrected chi connectivity index (χ0v) is 16.3. The Balaban J connectivity index is 2.26. The van der Waals surface area contributed by atoms with Gasteiger partial charge in [0.2, 0.25) is 0 Å². The van der Waals surface area contributed by atoms with Crippen molar-refractivity contribution in [2.24, 2.45) is 0 Å². The standard InChI is InChI=1S/C20H27NO5/c1-13(16-9-14(22-2)7-8-18(16)24-4)21-12-17-19(25-5)10-15(23-3)11-20(17)26-6/h7-11,13,21H,12H2,1-6H3/p+1/t13-/m0/s1. The highest BCUT2D eigenvalue weighted by Gasteiger charge is 2.19. The van der Waals surface area contributed by atoms with Crippen LogP contribution in [0.1, 0.15) is 24.1 Å². The fourth-order valence-corrected chi connectivity index (χ4v) is 2.90. The molecule has 0 amide bonds. The highest BCUT2D eigenvalue weighted by molar-refractivity contribution is 5.50. The van der Waals surface area contributed by atoms with Gasteiger partial charge in [-0.1, -0.05) is 0 Å². The van der Waals surface area contributed by atoms with Gasteiger partial charge in [0.25, 0.3) is 0 Å². The monoisotopic (exact) mass is 362 g/mol. The van der Waals surface area contributed by atoms with Crippen molar-refractivity contribution in [1.82, 2.24) is 0 Å². The molecule has 0 aliphatic carbocycles. The molecule has 0 saturated heterocycles. The lowest BCUT2D eigenvalue weighted by atomic mass is 10.1. The molecule has 0 aromatic heterocycles. The van der Waals surface area contributed by atoms with E-state index >= 15 is 0 Å². The van der Waals surface area contributed by atoms with Gasteiger partial charge in [0, 0.05) is 12.1 Å². The summed E-state index contributed by atoms with van der Waals surface area (Å²) >= 11 is 0. The van der Waals surface area contributed by atoms with Gasteiger partial charge in [-0.3, -0.25) is 0 Å². The van der Waals surface area contributed by atoms with Crippen LogP contribution in [-0.2, 0) is 6.54 Å². The first-order valence-electron chi connectivity index (χ1n) is 8.42. The molecule has 2 aromatic carbocycles. The molecule has 6 nitrogen and oxygen atoms in total. The third kappa shape index (κ3) is 4.32. The number of ether oxygens (including phenoxy) is 5. The first-order chi connectivity index (χ1) is 12.6. The Bertz CT molecular complexity index is 707. The zero-order valence-electron chi connectivity index (χ0n) is 16.3. The van der Waals surface area contributed by atoms with E-state index in [-0.39, 0.29) is 6.04 Å². The lowest BCUT2D eigenvalue weighted by Gasteiger charge is -2.18. The van der Waals surface area contributed by atoms with Crippen LogP contribution in [0, 0.1) is 0 Å². The van der Waals surface area contributed by atoms with Crippen molar-refractivity contribution >= 4 is 0 Å². The fraction of sp³-hybridized carbons (Fsp3) is 0.400. The van der Waals surface area contributed by atoms with E-state index in [0.29, 0.717) is 12.3 Å². The van der Waals surface area contributed by atoms with E-state index in [1.165, 1.54) is 0 Å². The largest absolute Gasteiger partial charge is 0.497 e. The number of quaternary nitrogens is 1. The maximum absolute atomic E-state index is 5.53. The average molecular weight is 362 g/mol. The summed E-state index contributed by atoms with van der Waals surface area (Å²) in [4.78, 5) is 0. The second-order valence-electron chi connectivity index (χ2n) is 5.85. The Kier molecular flexibility index (Phi) is 6.97. The topological polar surface area (TPSA) is 62.8 Å². The van der Waals surface area contributed by atoms with Crippen molar-refractivity contribution in [3.8, 4) is 28.7 Å². The van der Waals surface area contributed by atoms with Gasteiger partial charge in [-0.2, -0.15) is 0 Å². The predicted molar refractivity (Wildman–Crippen MR) is 99.7 cm³/mol. The number of hydrogen-bond acceptors (Lipinski definition) is 5. The van der Waals surface area contributed by atoms with Gasteiger partial charge in [0.15, 0.2) is 0 Å². The number of rotatable bonds is 9. The molecule has 0 unspecified atom stereocenters. The summed E-state index contributed by atoms with van der Waals surface area (Å²) in [5, 5.41) is 2.20. The maximum Gasteiger partial charge on any atom is 0.135 e. The van der Waals surface area contributed by atoms with Gasteiger partial charge >= 0.3 is 0 Å². The van der Waals surface area contributed by atoms with E-state index in [1.54, 1.807) is 35.5 Å². The lowest BCUT2D eigenvalue weighted by molar-refractivity contribution is -0.708. The summed E-state index contributed by atoms with van der Waals surface area (Å²) in [6.07, 6.45) is 0. The van der Waals surface area contributed by atoms with E-state index in [4.69, 9.17) is 23.7 Å². The quantitative estimate of drug-likeness (QED) is 0.743. The number of methoxy groups -OCH3 is 5. The molecule has 2 N–H and O–H groups in total. The van der Waals surface area contributed by atoms with Crippen LogP contribution in [0.15, 0.2) is 30.3 Å². The summed E-state index contributed by atoms with van der Waals surface area (Å²) in [5.41, 5.74) is 2.04. The van der Waals surface area contributed by atoms with Gasteiger partial charge in [0.05, 0.1) is 46.7 Å².